The Labute approximate surface area is 111 Å². The van der Waals surface area contributed by atoms with Crippen molar-refractivity contribution in [2.45, 2.75) is 45.6 Å². The number of hydrogen-bond donors (Lipinski definition) is 1. The van der Waals surface area contributed by atoms with Crippen LogP contribution in [0.25, 0.3) is 0 Å². The summed E-state index contributed by atoms with van der Waals surface area (Å²) in [5.41, 5.74) is 2.63. The van der Waals surface area contributed by atoms with Crippen molar-refractivity contribution in [2.24, 2.45) is 5.92 Å². The van der Waals surface area contributed by atoms with Crippen LogP contribution in [0.3, 0.4) is 0 Å². The molecule has 0 radical (unpaired) electrons. The first-order valence-corrected chi connectivity index (χ1v) is 7.12. The van der Waals surface area contributed by atoms with E-state index >= 15 is 0 Å². The zero-order valence-corrected chi connectivity index (χ0v) is 11.8. The van der Waals surface area contributed by atoms with Crippen molar-refractivity contribution in [2.75, 3.05) is 13.7 Å². The summed E-state index contributed by atoms with van der Waals surface area (Å²) in [4.78, 5) is 0. The number of rotatable bonds is 7. The molecule has 18 heavy (non-hydrogen) atoms. The van der Waals surface area contributed by atoms with Crippen molar-refractivity contribution in [3.8, 4) is 5.75 Å². The molecule has 1 atom stereocenters. The van der Waals surface area contributed by atoms with Gasteiger partial charge in [-0.1, -0.05) is 37.5 Å². The molecule has 1 aliphatic carbocycles. The average molecular weight is 247 g/mol. The fraction of sp³-hybridized carbons (Fsp3) is 0.625. The zero-order valence-electron chi connectivity index (χ0n) is 11.8. The van der Waals surface area contributed by atoms with E-state index in [1.807, 2.05) is 0 Å². The molecule has 1 N–H and O–H groups in total. The predicted octanol–water partition coefficient (Wildman–Crippen LogP) is 3.84. The Morgan fingerprint density at radius 1 is 1.39 bits per heavy atom. The van der Waals surface area contributed by atoms with Gasteiger partial charge < -0.3 is 10.1 Å². The highest BCUT2D eigenvalue weighted by Crippen LogP contribution is 2.37. The number of aryl methyl sites for hydroxylation is 1. The number of ether oxygens (including phenoxy) is 1. The Kier molecular flexibility index (Phi) is 4.65. The molecule has 1 unspecified atom stereocenters. The Bertz CT molecular complexity index is 385. The summed E-state index contributed by atoms with van der Waals surface area (Å²) >= 11 is 0. The highest BCUT2D eigenvalue weighted by atomic mass is 16.5. The van der Waals surface area contributed by atoms with Gasteiger partial charge in [-0.25, -0.2) is 0 Å². The van der Waals surface area contributed by atoms with Gasteiger partial charge in [0, 0.05) is 11.6 Å². The second-order valence-corrected chi connectivity index (χ2v) is 5.38. The SMILES string of the molecule is CCNC(CCC1CC1)c1cc(C)ccc1OC. The van der Waals surface area contributed by atoms with Crippen LogP contribution < -0.4 is 10.1 Å². The van der Waals surface area contributed by atoms with Gasteiger partial charge in [0.25, 0.3) is 0 Å². The van der Waals surface area contributed by atoms with E-state index in [1.165, 1.54) is 36.8 Å². The lowest BCUT2D eigenvalue weighted by Crippen LogP contribution is -2.21. The molecule has 1 aliphatic rings. The Morgan fingerprint density at radius 3 is 2.78 bits per heavy atom. The summed E-state index contributed by atoms with van der Waals surface area (Å²) in [7, 11) is 1.76. The summed E-state index contributed by atoms with van der Waals surface area (Å²) in [6.07, 6.45) is 5.43. The van der Waals surface area contributed by atoms with E-state index in [4.69, 9.17) is 4.74 Å². The van der Waals surface area contributed by atoms with E-state index in [9.17, 15) is 0 Å². The fourth-order valence-electron chi connectivity index (χ4n) is 2.55. The van der Waals surface area contributed by atoms with E-state index in [2.05, 4.69) is 37.4 Å². The van der Waals surface area contributed by atoms with Gasteiger partial charge in [0.1, 0.15) is 5.75 Å². The van der Waals surface area contributed by atoms with Gasteiger partial charge in [-0.3, -0.25) is 0 Å². The van der Waals surface area contributed by atoms with Gasteiger partial charge in [-0.05, 0) is 38.3 Å². The summed E-state index contributed by atoms with van der Waals surface area (Å²) < 4.78 is 5.51. The van der Waals surface area contributed by atoms with Gasteiger partial charge in [0.15, 0.2) is 0 Å². The van der Waals surface area contributed by atoms with Gasteiger partial charge in [0.05, 0.1) is 7.11 Å². The lowest BCUT2D eigenvalue weighted by Gasteiger charge is -2.21. The molecule has 2 rings (SSSR count). The van der Waals surface area contributed by atoms with Crippen LogP contribution >= 0.6 is 0 Å². The first-order chi connectivity index (χ1) is 8.74. The molecule has 100 valence electrons. The second kappa shape index (κ2) is 6.24. The minimum atomic E-state index is 0.436. The van der Waals surface area contributed by atoms with E-state index in [0.717, 1.165) is 18.2 Å². The number of hydrogen-bond acceptors (Lipinski definition) is 2. The van der Waals surface area contributed by atoms with Crippen molar-refractivity contribution < 1.29 is 4.74 Å². The molecule has 2 heteroatoms. The monoisotopic (exact) mass is 247 g/mol. The van der Waals surface area contributed by atoms with Crippen molar-refractivity contribution >= 4 is 0 Å². The van der Waals surface area contributed by atoms with Crippen molar-refractivity contribution in [1.82, 2.24) is 5.32 Å². The molecule has 0 aromatic heterocycles. The topological polar surface area (TPSA) is 21.3 Å². The second-order valence-electron chi connectivity index (χ2n) is 5.38. The number of methoxy groups -OCH3 is 1. The van der Waals surface area contributed by atoms with Crippen molar-refractivity contribution in [3.63, 3.8) is 0 Å². The van der Waals surface area contributed by atoms with Crippen molar-refractivity contribution in [1.29, 1.82) is 0 Å². The van der Waals surface area contributed by atoms with Crippen LogP contribution in [0.4, 0.5) is 0 Å². The quantitative estimate of drug-likeness (QED) is 0.790. The van der Waals surface area contributed by atoms with Crippen LogP contribution in [0.5, 0.6) is 5.75 Å². The molecule has 2 nitrogen and oxygen atoms in total. The van der Waals surface area contributed by atoms with Crippen LogP contribution in [0.1, 0.15) is 49.8 Å². The summed E-state index contributed by atoms with van der Waals surface area (Å²) in [5, 5.41) is 3.60. The van der Waals surface area contributed by atoms with Crippen LogP contribution in [0.15, 0.2) is 18.2 Å². The molecule has 1 aromatic rings. The summed E-state index contributed by atoms with van der Waals surface area (Å²) in [5.74, 6) is 2.00. The number of nitrogens with one attached hydrogen (secondary N) is 1. The van der Waals surface area contributed by atoms with E-state index < -0.39 is 0 Å². The molecule has 0 amide bonds. The van der Waals surface area contributed by atoms with E-state index in [-0.39, 0.29) is 0 Å². The first kappa shape index (κ1) is 13.4. The predicted molar refractivity (Wildman–Crippen MR) is 76.1 cm³/mol. The fourth-order valence-corrected chi connectivity index (χ4v) is 2.55. The molecular weight excluding hydrogens is 222 g/mol. The van der Waals surface area contributed by atoms with Crippen LogP contribution in [-0.4, -0.2) is 13.7 Å². The molecule has 1 saturated carbocycles. The van der Waals surface area contributed by atoms with E-state index in [1.54, 1.807) is 7.11 Å². The highest BCUT2D eigenvalue weighted by Gasteiger charge is 2.24. The van der Waals surface area contributed by atoms with Gasteiger partial charge in [-0.15, -0.1) is 0 Å². The van der Waals surface area contributed by atoms with Gasteiger partial charge >= 0.3 is 0 Å². The van der Waals surface area contributed by atoms with Crippen LogP contribution in [-0.2, 0) is 0 Å². The molecular formula is C16H25NO. The maximum Gasteiger partial charge on any atom is 0.123 e. The molecule has 1 aromatic carbocycles. The molecule has 0 aliphatic heterocycles. The molecule has 0 heterocycles. The lowest BCUT2D eigenvalue weighted by molar-refractivity contribution is 0.392. The minimum absolute atomic E-state index is 0.436. The maximum atomic E-state index is 5.51. The zero-order chi connectivity index (χ0) is 13.0. The van der Waals surface area contributed by atoms with Crippen LogP contribution in [0, 0.1) is 12.8 Å². The third-order valence-electron chi connectivity index (χ3n) is 3.77. The number of benzene rings is 1. The third-order valence-corrected chi connectivity index (χ3v) is 3.77. The van der Waals surface area contributed by atoms with E-state index in [0.29, 0.717) is 6.04 Å². The largest absolute Gasteiger partial charge is 0.496 e. The molecule has 0 spiro atoms. The molecule has 1 fully saturated rings. The molecule has 0 saturated heterocycles. The summed E-state index contributed by atoms with van der Waals surface area (Å²) in [6, 6.07) is 6.91. The Balaban J connectivity index is 2.13. The highest BCUT2D eigenvalue weighted by molar-refractivity contribution is 5.39. The van der Waals surface area contributed by atoms with Gasteiger partial charge in [0.2, 0.25) is 0 Å². The normalized spacial score (nSPS) is 16.6. The lowest BCUT2D eigenvalue weighted by atomic mass is 9.98. The van der Waals surface area contributed by atoms with Crippen molar-refractivity contribution in [3.05, 3.63) is 29.3 Å². The minimum Gasteiger partial charge on any atom is -0.496 e. The molecule has 0 bridgehead atoms. The average Bonchev–Trinajstić information content (AvgIpc) is 3.18. The standard InChI is InChI=1S/C16H25NO/c1-4-17-15(9-8-13-6-7-13)14-11-12(2)5-10-16(14)18-3/h5,10-11,13,15,17H,4,6-9H2,1-3H3. The Morgan fingerprint density at radius 2 is 2.17 bits per heavy atom. The third kappa shape index (κ3) is 3.49. The summed E-state index contributed by atoms with van der Waals surface area (Å²) in [6.45, 7) is 5.33. The smallest absolute Gasteiger partial charge is 0.123 e. The van der Waals surface area contributed by atoms with Gasteiger partial charge in [-0.2, -0.15) is 0 Å². The first-order valence-electron chi connectivity index (χ1n) is 7.12. The Hall–Kier alpha value is -1.02. The van der Waals surface area contributed by atoms with Crippen LogP contribution in [0.2, 0.25) is 0 Å². The maximum absolute atomic E-state index is 5.51.